The van der Waals surface area contributed by atoms with Gasteiger partial charge in [-0.1, -0.05) is 44.7 Å². The lowest BCUT2D eigenvalue weighted by atomic mass is 9.87. The molecule has 1 atom stereocenters. The number of hydrogen-bond donors (Lipinski definition) is 1. The number of carbonyl (C=O) groups is 1. The van der Waals surface area contributed by atoms with Crippen LogP contribution in [0.5, 0.6) is 0 Å². The molecule has 9 heteroatoms. The smallest absolute Gasteiger partial charge is 0.327 e. The van der Waals surface area contributed by atoms with Crippen molar-refractivity contribution in [3.63, 3.8) is 0 Å². The Kier molecular flexibility index (Phi) is 5.64. The van der Waals surface area contributed by atoms with Gasteiger partial charge in [-0.05, 0) is 53.0 Å². The molecular weight excluding hydrogens is 458 g/mol. The minimum absolute atomic E-state index is 0.0744. The number of benzene rings is 1. The van der Waals surface area contributed by atoms with Gasteiger partial charge >= 0.3 is 5.97 Å². The molecule has 1 unspecified atom stereocenters. The van der Waals surface area contributed by atoms with Crippen molar-refractivity contribution < 1.29 is 14.3 Å². The molecule has 2 aliphatic rings. The van der Waals surface area contributed by atoms with E-state index in [0.717, 1.165) is 34.6 Å². The van der Waals surface area contributed by atoms with Gasteiger partial charge in [-0.2, -0.15) is 0 Å². The molecular formula is C24H25N3O4S2. The minimum atomic E-state index is -0.957. The van der Waals surface area contributed by atoms with Crippen molar-refractivity contribution >= 4 is 29.5 Å². The molecule has 1 fully saturated rings. The maximum absolute atomic E-state index is 12.8. The maximum Gasteiger partial charge on any atom is 0.327 e. The molecule has 2 aromatic heterocycles. The van der Waals surface area contributed by atoms with Crippen LogP contribution in [0.4, 0.5) is 0 Å². The van der Waals surface area contributed by atoms with Gasteiger partial charge in [-0.25, -0.2) is 4.79 Å². The first-order valence-electron chi connectivity index (χ1n) is 10.9. The monoisotopic (exact) mass is 483 g/mol. The highest BCUT2D eigenvalue weighted by Crippen LogP contribution is 2.49. The fourth-order valence-electron chi connectivity index (χ4n) is 4.09. The predicted octanol–water partition coefficient (Wildman–Crippen LogP) is 5.10. The van der Waals surface area contributed by atoms with Crippen molar-refractivity contribution in [2.24, 2.45) is 0 Å². The molecule has 3 heterocycles. The van der Waals surface area contributed by atoms with E-state index in [0.29, 0.717) is 28.5 Å². The van der Waals surface area contributed by atoms with Gasteiger partial charge in [0.1, 0.15) is 6.04 Å². The van der Waals surface area contributed by atoms with E-state index in [4.69, 9.17) is 4.42 Å². The summed E-state index contributed by atoms with van der Waals surface area (Å²) < 4.78 is 7.34. The molecule has 3 aromatic rings. The third kappa shape index (κ3) is 4.36. The van der Waals surface area contributed by atoms with Gasteiger partial charge in [0.05, 0.1) is 5.03 Å². The van der Waals surface area contributed by atoms with Crippen molar-refractivity contribution in [1.82, 2.24) is 14.8 Å². The Balaban J connectivity index is 1.37. The van der Waals surface area contributed by atoms with Crippen LogP contribution in [0.15, 0.2) is 49.8 Å². The molecule has 1 saturated carbocycles. The summed E-state index contributed by atoms with van der Waals surface area (Å²) in [5.74, 6) is 0.817. The average molecular weight is 484 g/mol. The van der Waals surface area contributed by atoms with Crippen LogP contribution in [0.25, 0.3) is 11.5 Å². The van der Waals surface area contributed by atoms with Gasteiger partial charge in [0.15, 0.2) is 0 Å². The minimum Gasteiger partial charge on any atom is -0.480 e. The molecule has 1 N–H and O–H groups in total. The predicted molar refractivity (Wildman–Crippen MR) is 128 cm³/mol. The van der Waals surface area contributed by atoms with Crippen molar-refractivity contribution in [3.8, 4) is 11.5 Å². The van der Waals surface area contributed by atoms with Crippen molar-refractivity contribution in [2.45, 2.75) is 67.0 Å². The molecule has 1 aliphatic carbocycles. The summed E-state index contributed by atoms with van der Waals surface area (Å²) in [4.78, 5) is 24.4. The lowest BCUT2D eigenvalue weighted by Gasteiger charge is -2.18. The number of hydrogen-bond acceptors (Lipinski definition) is 7. The lowest BCUT2D eigenvalue weighted by Crippen LogP contribution is -2.29. The summed E-state index contributed by atoms with van der Waals surface area (Å²) in [6.45, 7) is 6.51. The Bertz CT molecular complexity index is 1270. The summed E-state index contributed by atoms with van der Waals surface area (Å²) in [6, 6.07) is 8.94. The van der Waals surface area contributed by atoms with Crippen LogP contribution in [0, 0.1) is 0 Å². The number of pyridine rings is 1. The Morgan fingerprint density at radius 2 is 1.97 bits per heavy atom. The standard InChI is InChI=1S/C24H25N3O4S2/c1-24(2,3)16-8-6-14(7-9-16)20-25-26-23(31-20)33-11-15-10-18(28)27-17(22(29)30)12-32-21(27)19(15)13-4-5-13/h6-10,13,17H,4-5,11-12H2,1-3H3,(H,29,30). The number of aliphatic carboxylic acids is 1. The quantitative estimate of drug-likeness (QED) is 0.484. The Morgan fingerprint density at radius 3 is 2.61 bits per heavy atom. The second kappa shape index (κ2) is 8.36. The third-order valence-electron chi connectivity index (χ3n) is 6.05. The molecule has 1 aromatic carbocycles. The summed E-state index contributed by atoms with van der Waals surface area (Å²) in [6.07, 6.45) is 2.13. The molecule has 0 bridgehead atoms. The van der Waals surface area contributed by atoms with E-state index in [1.807, 2.05) is 12.1 Å². The molecule has 0 radical (unpaired) electrons. The van der Waals surface area contributed by atoms with Crippen LogP contribution in [0.1, 0.15) is 62.3 Å². The van der Waals surface area contributed by atoms with E-state index in [9.17, 15) is 14.7 Å². The Labute approximate surface area is 200 Å². The van der Waals surface area contributed by atoms with E-state index in [-0.39, 0.29) is 11.0 Å². The van der Waals surface area contributed by atoms with E-state index in [1.54, 1.807) is 6.07 Å². The van der Waals surface area contributed by atoms with Crippen LogP contribution in [-0.4, -0.2) is 31.6 Å². The first-order valence-corrected chi connectivity index (χ1v) is 12.9. The Hall–Kier alpha value is -2.52. The molecule has 5 rings (SSSR count). The van der Waals surface area contributed by atoms with Gasteiger partial charge in [-0.3, -0.25) is 9.36 Å². The second-order valence-electron chi connectivity index (χ2n) is 9.53. The third-order valence-corrected chi connectivity index (χ3v) is 8.09. The highest BCUT2D eigenvalue weighted by atomic mass is 32.2. The average Bonchev–Trinajstić information content (AvgIpc) is 3.31. The van der Waals surface area contributed by atoms with Crippen LogP contribution in [-0.2, 0) is 16.0 Å². The SMILES string of the molecule is CC(C)(C)c1ccc(-c2nnc(SCc3cc(=O)n4c(c3C3CC3)SCC4C(=O)O)o2)cc1. The number of carboxylic acids is 1. The second-order valence-corrected chi connectivity index (χ2v) is 11.5. The van der Waals surface area contributed by atoms with Crippen molar-refractivity contribution in [3.05, 3.63) is 57.4 Å². The van der Waals surface area contributed by atoms with Gasteiger partial charge in [-0.15, -0.1) is 22.0 Å². The Morgan fingerprint density at radius 1 is 1.24 bits per heavy atom. The van der Waals surface area contributed by atoms with Crippen LogP contribution in [0.3, 0.4) is 0 Å². The van der Waals surface area contributed by atoms with E-state index >= 15 is 0 Å². The largest absolute Gasteiger partial charge is 0.480 e. The molecule has 0 saturated heterocycles. The fourth-order valence-corrected chi connectivity index (χ4v) is 6.26. The van der Waals surface area contributed by atoms with E-state index in [2.05, 4.69) is 43.1 Å². The van der Waals surface area contributed by atoms with Crippen molar-refractivity contribution in [1.29, 1.82) is 0 Å². The number of nitrogens with zero attached hydrogens (tertiary/aromatic N) is 3. The van der Waals surface area contributed by atoms with Gasteiger partial charge in [0.25, 0.3) is 10.8 Å². The summed E-state index contributed by atoms with van der Waals surface area (Å²) in [5.41, 5.74) is 3.98. The first kappa shape index (κ1) is 22.3. The van der Waals surface area contributed by atoms with Crippen LogP contribution >= 0.6 is 23.5 Å². The van der Waals surface area contributed by atoms with Gasteiger partial charge in [0.2, 0.25) is 5.89 Å². The first-order chi connectivity index (χ1) is 15.7. The van der Waals surface area contributed by atoms with E-state index in [1.165, 1.54) is 33.7 Å². The van der Waals surface area contributed by atoms with E-state index < -0.39 is 12.0 Å². The highest BCUT2D eigenvalue weighted by molar-refractivity contribution is 7.99. The van der Waals surface area contributed by atoms with Crippen LogP contribution < -0.4 is 5.56 Å². The zero-order valence-electron chi connectivity index (χ0n) is 18.7. The number of rotatable bonds is 6. The maximum atomic E-state index is 12.8. The fraction of sp³-hybridized carbons (Fsp3) is 0.417. The topological polar surface area (TPSA) is 98.2 Å². The van der Waals surface area contributed by atoms with Crippen molar-refractivity contribution in [2.75, 3.05) is 5.75 Å². The summed E-state index contributed by atoms with van der Waals surface area (Å²) in [7, 11) is 0. The molecule has 33 heavy (non-hydrogen) atoms. The molecule has 172 valence electrons. The number of fused-ring (bicyclic) bond motifs is 1. The summed E-state index contributed by atoms with van der Waals surface area (Å²) in [5, 5.41) is 19.1. The van der Waals surface area contributed by atoms with Gasteiger partial charge < -0.3 is 9.52 Å². The van der Waals surface area contributed by atoms with Gasteiger partial charge in [0, 0.05) is 23.1 Å². The zero-order valence-corrected chi connectivity index (χ0v) is 20.3. The summed E-state index contributed by atoms with van der Waals surface area (Å²) >= 11 is 2.88. The molecule has 0 amide bonds. The molecule has 7 nitrogen and oxygen atoms in total. The lowest BCUT2D eigenvalue weighted by molar-refractivity contribution is -0.140. The normalized spacial score (nSPS) is 17.8. The number of carboxylic acid groups (broad SMARTS) is 1. The highest BCUT2D eigenvalue weighted by Gasteiger charge is 2.37. The molecule has 1 aliphatic heterocycles. The zero-order chi connectivity index (χ0) is 23.3. The number of aromatic nitrogens is 3. The van der Waals surface area contributed by atoms with Crippen LogP contribution in [0.2, 0.25) is 0 Å². The molecule has 0 spiro atoms. The number of thioether (sulfide) groups is 2.